The van der Waals surface area contributed by atoms with Crippen LogP contribution in [0.4, 0.5) is 0 Å². The molecule has 0 fully saturated rings. The van der Waals surface area contributed by atoms with Crippen LogP contribution < -0.4 is 5.73 Å². The fourth-order valence-electron chi connectivity index (χ4n) is 2.21. The van der Waals surface area contributed by atoms with E-state index in [4.69, 9.17) is 5.73 Å². The van der Waals surface area contributed by atoms with E-state index in [-0.39, 0.29) is 5.54 Å². The smallest absolute Gasteiger partial charge is 0.0138 e. The predicted molar refractivity (Wildman–Crippen MR) is 70.7 cm³/mol. The van der Waals surface area contributed by atoms with Crippen molar-refractivity contribution in [3.05, 3.63) is 47.5 Å². The van der Waals surface area contributed by atoms with E-state index >= 15 is 0 Å². The van der Waals surface area contributed by atoms with Gasteiger partial charge in [0.05, 0.1) is 0 Å². The molecule has 0 saturated carbocycles. The zero-order chi connectivity index (χ0) is 11.8. The Hall–Kier alpha value is -1.34. The molecule has 0 unspecified atom stereocenters. The summed E-state index contributed by atoms with van der Waals surface area (Å²) >= 11 is 0. The number of rotatable bonds is 2. The Morgan fingerprint density at radius 2 is 1.81 bits per heavy atom. The molecule has 0 amide bonds. The molecule has 1 heteroatoms. The van der Waals surface area contributed by atoms with Crippen molar-refractivity contribution in [3.8, 4) is 0 Å². The second-order valence-electron chi connectivity index (χ2n) is 5.30. The molecule has 0 aliphatic heterocycles. The molecule has 2 aromatic rings. The Labute approximate surface area is 97.3 Å². The van der Waals surface area contributed by atoms with E-state index in [0.29, 0.717) is 0 Å². The Balaban J connectivity index is 2.50. The average Bonchev–Trinajstić information content (AvgIpc) is 2.15. The molecule has 84 valence electrons. The fraction of sp³-hybridized carbons (Fsp3) is 0.333. The Bertz CT molecular complexity index is 506. The van der Waals surface area contributed by atoms with Gasteiger partial charge in [-0.25, -0.2) is 0 Å². The molecule has 0 atom stereocenters. The molecule has 0 bridgehead atoms. The van der Waals surface area contributed by atoms with Gasteiger partial charge in [-0.15, -0.1) is 0 Å². The highest BCUT2D eigenvalue weighted by Gasteiger charge is 2.12. The van der Waals surface area contributed by atoms with Gasteiger partial charge in [0.15, 0.2) is 0 Å². The highest BCUT2D eigenvalue weighted by atomic mass is 14.7. The largest absolute Gasteiger partial charge is 0.325 e. The van der Waals surface area contributed by atoms with Gasteiger partial charge >= 0.3 is 0 Å². The van der Waals surface area contributed by atoms with Crippen molar-refractivity contribution < 1.29 is 0 Å². The van der Waals surface area contributed by atoms with Gasteiger partial charge in [-0.2, -0.15) is 0 Å². The first kappa shape index (κ1) is 11.2. The lowest BCUT2D eigenvalue weighted by Crippen LogP contribution is -2.34. The molecule has 1 nitrogen and oxygen atoms in total. The summed E-state index contributed by atoms with van der Waals surface area (Å²) in [6.45, 7) is 6.30. The van der Waals surface area contributed by atoms with Gasteiger partial charge in [-0.05, 0) is 49.1 Å². The van der Waals surface area contributed by atoms with Crippen LogP contribution in [0.15, 0.2) is 36.4 Å². The summed E-state index contributed by atoms with van der Waals surface area (Å²) in [6.07, 6.45) is 0.915. The summed E-state index contributed by atoms with van der Waals surface area (Å²) in [5, 5.41) is 2.64. The van der Waals surface area contributed by atoms with Gasteiger partial charge in [-0.1, -0.05) is 36.4 Å². The van der Waals surface area contributed by atoms with Crippen LogP contribution in [-0.4, -0.2) is 5.54 Å². The van der Waals surface area contributed by atoms with E-state index in [1.807, 2.05) is 0 Å². The van der Waals surface area contributed by atoms with Gasteiger partial charge in [0.2, 0.25) is 0 Å². The average molecular weight is 213 g/mol. The van der Waals surface area contributed by atoms with Crippen LogP contribution in [0.1, 0.15) is 25.0 Å². The zero-order valence-corrected chi connectivity index (χ0v) is 10.2. The van der Waals surface area contributed by atoms with Gasteiger partial charge < -0.3 is 5.73 Å². The topological polar surface area (TPSA) is 26.0 Å². The highest BCUT2D eigenvalue weighted by Crippen LogP contribution is 2.22. The quantitative estimate of drug-likeness (QED) is 0.812. The minimum atomic E-state index is -0.144. The highest BCUT2D eigenvalue weighted by molar-refractivity contribution is 5.86. The second-order valence-corrected chi connectivity index (χ2v) is 5.30. The number of hydrogen-bond donors (Lipinski definition) is 1. The Morgan fingerprint density at radius 1 is 1.12 bits per heavy atom. The van der Waals surface area contributed by atoms with Crippen LogP contribution >= 0.6 is 0 Å². The lowest BCUT2D eigenvalue weighted by atomic mass is 9.93. The van der Waals surface area contributed by atoms with Crippen molar-refractivity contribution in [3.63, 3.8) is 0 Å². The lowest BCUT2D eigenvalue weighted by molar-refractivity contribution is 0.517. The molecule has 16 heavy (non-hydrogen) atoms. The van der Waals surface area contributed by atoms with Crippen molar-refractivity contribution in [2.24, 2.45) is 5.73 Å². The van der Waals surface area contributed by atoms with Crippen molar-refractivity contribution in [2.45, 2.75) is 32.7 Å². The lowest BCUT2D eigenvalue weighted by Gasteiger charge is -2.19. The maximum absolute atomic E-state index is 6.06. The summed E-state index contributed by atoms with van der Waals surface area (Å²) in [4.78, 5) is 0. The van der Waals surface area contributed by atoms with Crippen molar-refractivity contribution >= 4 is 10.8 Å². The van der Waals surface area contributed by atoms with Crippen LogP contribution in [-0.2, 0) is 6.42 Å². The van der Waals surface area contributed by atoms with E-state index in [1.54, 1.807) is 0 Å². The van der Waals surface area contributed by atoms with Crippen LogP contribution in [0.3, 0.4) is 0 Å². The molecule has 2 aromatic carbocycles. The first-order valence-electron chi connectivity index (χ1n) is 5.73. The van der Waals surface area contributed by atoms with Crippen molar-refractivity contribution in [1.29, 1.82) is 0 Å². The van der Waals surface area contributed by atoms with E-state index in [9.17, 15) is 0 Å². The SMILES string of the molecule is Cc1cc(CC(C)(C)N)cc2ccccc12. The molecular formula is C15H19N. The van der Waals surface area contributed by atoms with E-state index in [0.717, 1.165) is 6.42 Å². The van der Waals surface area contributed by atoms with E-state index in [2.05, 4.69) is 57.2 Å². The molecule has 0 aliphatic rings. The number of hydrogen-bond acceptors (Lipinski definition) is 1. The van der Waals surface area contributed by atoms with Crippen LogP contribution in [0.25, 0.3) is 10.8 Å². The monoisotopic (exact) mass is 213 g/mol. The molecule has 2 rings (SSSR count). The maximum atomic E-state index is 6.06. The van der Waals surface area contributed by atoms with Gasteiger partial charge in [0.25, 0.3) is 0 Å². The van der Waals surface area contributed by atoms with Gasteiger partial charge in [0.1, 0.15) is 0 Å². The van der Waals surface area contributed by atoms with E-state index in [1.165, 1.54) is 21.9 Å². The number of aryl methyl sites for hydroxylation is 1. The summed E-state index contributed by atoms with van der Waals surface area (Å²) in [6, 6.07) is 13.0. The standard InChI is InChI=1S/C15H19N/c1-11-8-12(10-15(2,3)16)9-13-6-4-5-7-14(11)13/h4-9H,10,16H2,1-3H3. The molecule has 0 spiro atoms. The molecule has 0 aliphatic carbocycles. The van der Waals surface area contributed by atoms with Gasteiger partial charge in [-0.3, -0.25) is 0 Å². The molecule has 0 saturated heterocycles. The van der Waals surface area contributed by atoms with Crippen LogP contribution in [0.5, 0.6) is 0 Å². The maximum Gasteiger partial charge on any atom is 0.0138 e. The first-order chi connectivity index (χ1) is 7.46. The number of benzene rings is 2. The summed E-state index contributed by atoms with van der Waals surface area (Å²) in [5.41, 5.74) is 8.57. The third-order valence-corrected chi connectivity index (χ3v) is 2.79. The number of nitrogens with two attached hydrogens (primary N) is 1. The minimum absolute atomic E-state index is 0.144. The summed E-state index contributed by atoms with van der Waals surface area (Å²) < 4.78 is 0. The summed E-state index contributed by atoms with van der Waals surface area (Å²) in [7, 11) is 0. The number of fused-ring (bicyclic) bond motifs is 1. The second kappa shape index (κ2) is 3.91. The fourth-order valence-corrected chi connectivity index (χ4v) is 2.21. The first-order valence-corrected chi connectivity index (χ1v) is 5.73. The third kappa shape index (κ3) is 2.42. The van der Waals surface area contributed by atoms with Crippen LogP contribution in [0, 0.1) is 6.92 Å². The van der Waals surface area contributed by atoms with Crippen molar-refractivity contribution in [2.75, 3.05) is 0 Å². The molecule has 0 aromatic heterocycles. The molecule has 0 heterocycles. The Morgan fingerprint density at radius 3 is 2.50 bits per heavy atom. The van der Waals surface area contributed by atoms with Crippen LogP contribution in [0.2, 0.25) is 0 Å². The Kier molecular flexibility index (Phi) is 2.73. The normalized spacial score (nSPS) is 12.0. The molecular weight excluding hydrogens is 194 g/mol. The van der Waals surface area contributed by atoms with Gasteiger partial charge in [0, 0.05) is 5.54 Å². The van der Waals surface area contributed by atoms with Crippen molar-refractivity contribution in [1.82, 2.24) is 0 Å². The zero-order valence-electron chi connectivity index (χ0n) is 10.2. The predicted octanol–water partition coefficient (Wildman–Crippen LogP) is 3.43. The minimum Gasteiger partial charge on any atom is -0.325 e. The third-order valence-electron chi connectivity index (χ3n) is 2.79. The molecule has 2 N–H and O–H groups in total. The van der Waals surface area contributed by atoms with E-state index < -0.39 is 0 Å². The summed E-state index contributed by atoms with van der Waals surface area (Å²) in [5.74, 6) is 0. The molecule has 0 radical (unpaired) electrons.